The molecule has 0 atom stereocenters. The zero-order valence-electron chi connectivity index (χ0n) is 20.3. The molecule has 0 radical (unpaired) electrons. The summed E-state index contributed by atoms with van der Waals surface area (Å²) in [4.78, 5) is 21.4. The summed E-state index contributed by atoms with van der Waals surface area (Å²) in [5, 5.41) is 0. The fourth-order valence-corrected chi connectivity index (χ4v) is 4.72. The number of ether oxygens (including phenoxy) is 1. The van der Waals surface area contributed by atoms with Crippen molar-refractivity contribution in [2.45, 2.75) is 103 Å². The van der Waals surface area contributed by atoms with Crippen molar-refractivity contribution >= 4 is 5.97 Å². The predicted octanol–water partition coefficient (Wildman–Crippen LogP) is 7.70. The minimum atomic E-state index is -0.586. The summed E-state index contributed by atoms with van der Waals surface area (Å²) in [5.41, 5.74) is 1.65. The monoisotopic (exact) mass is 454 g/mol. The highest BCUT2D eigenvalue weighted by atomic mass is 19.1. The number of carbonyl (C=O) groups excluding carboxylic acids is 1. The first-order valence-corrected chi connectivity index (χ1v) is 12.9. The van der Waals surface area contributed by atoms with Crippen LogP contribution in [0.1, 0.15) is 107 Å². The van der Waals surface area contributed by atoms with E-state index in [0.29, 0.717) is 11.4 Å². The van der Waals surface area contributed by atoms with Crippen molar-refractivity contribution < 1.29 is 13.9 Å². The minimum Gasteiger partial charge on any atom is -0.459 e. The first kappa shape index (κ1) is 25.3. The summed E-state index contributed by atoms with van der Waals surface area (Å²) in [7, 11) is 0. The molecule has 33 heavy (non-hydrogen) atoms. The Morgan fingerprint density at radius 1 is 0.970 bits per heavy atom. The lowest BCUT2D eigenvalue weighted by atomic mass is 9.85. The second-order valence-corrected chi connectivity index (χ2v) is 9.46. The average molecular weight is 455 g/mol. The zero-order chi connectivity index (χ0) is 23.5. The summed E-state index contributed by atoms with van der Waals surface area (Å²) in [6.07, 6.45) is 18.4. The van der Waals surface area contributed by atoms with Gasteiger partial charge in [-0.25, -0.2) is 19.2 Å². The van der Waals surface area contributed by atoms with Crippen LogP contribution in [-0.2, 0) is 11.2 Å². The Morgan fingerprint density at radius 3 is 2.33 bits per heavy atom. The highest BCUT2D eigenvalue weighted by Crippen LogP contribution is 2.30. The Labute approximate surface area is 198 Å². The standard InChI is InChI=1S/C28H39FN2O2/c1-3-5-6-7-8-9-11-22-19-30-27(31-20-22)23-14-17-25(26(29)18-23)28(32)33-24-15-12-21(10-4-2)13-16-24/h14,17-21,24H,3-13,15-16H2,1-2H3. The molecule has 3 rings (SSSR count). The van der Waals surface area contributed by atoms with Crippen LogP contribution in [-0.4, -0.2) is 22.0 Å². The first-order valence-electron chi connectivity index (χ1n) is 12.9. The first-order chi connectivity index (χ1) is 16.1. The van der Waals surface area contributed by atoms with Gasteiger partial charge in [-0.15, -0.1) is 0 Å². The van der Waals surface area contributed by atoms with E-state index in [0.717, 1.165) is 50.0 Å². The predicted molar refractivity (Wildman–Crippen MR) is 131 cm³/mol. The molecule has 1 aromatic carbocycles. The van der Waals surface area contributed by atoms with Gasteiger partial charge < -0.3 is 4.74 Å². The maximum Gasteiger partial charge on any atom is 0.341 e. The molecule has 0 N–H and O–H groups in total. The van der Waals surface area contributed by atoms with Gasteiger partial charge in [0.2, 0.25) is 0 Å². The van der Waals surface area contributed by atoms with Crippen LogP contribution in [0.3, 0.4) is 0 Å². The SMILES string of the molecule is CCCCCCCCc1cnc(-c2ccc(C(=O)OC3CCC(CCC)CC3)c(F)c2)nc1. The quantitative estimate of drug-likeness (QED) is 0.243. The normalized spacial score (nSPS) is 18.3. The minimum absolute atomic E-state index is 0.0193. The molecular weight excluding hydrogens is 415 g/mol. The molecule has 0 amide bonds. The van der Waals surface area contributed by atoms with Crippen molar-refractivity contribution in [3.05, 3.63) is 47.5 Å². The van der Waals surface area contributed by atoms with E-state index in [1.54, 1.807) is 6.07 Å². The summed E-state index contributed by atoms with van der Waals surface area (Å²) >= 11 is 0. The zero-order valence-corrected chi connectivity index (χ0v) is 20.3. The maximum atomic E-state index is 14.7. The smallest absolute Gasteiger partial charge is 0.341 e. The Morgan fingerprint density at radius 2 is 1.67 bits per heavy atom. The summed E-state index contributed by atoms with van der Waals surface area (Å²) in [6.45, 7) is 4.43. The van der Waals surface area contributed by atoms with Crippen LogP contribution < -0.4 is 0 Å². The fourth-order valence-electron chi connectivity index (χ4n) is 4.72. The Balaban J connectivity index is 1.51. The number of nitrogens with zero attached hydrogens (tertiary/aromatic N) is 2. The highest BCUT2D eigenvalue weighted by molar-refractivity contribution is 5.90. The molecule has 1 aliphatic carbocycles. The summed E-state index contributed by atoms with van der Waals surface area (Å²) in [6, 6.07) is 4.52. The Bertz CT molecular complexity index is 861. The van der Waals surface area contributed by atoms with Crippen molar-refractivity contribution in [1.82, 2.24) is 9.97 Å². The molecule has 1 aliphatic rings. The number of hydrogen-bond donors (Lipinski definition) is 0. The topological polar surface area (TPSA) is 52.1 Å². The molecule has 0 unspecified atom stereocenters. The van der Waals surface area contributed by atoms with Crippen LogP contribution in [0.5, 0.6) is 0 Å². The van der Waals surface area contributed by atoms with Gasteiger partial charge in [-0.05, 0) is 62.1 Å². The van der Waals surface area contributed by atoms with E-state index < -0.39 is 11.8 Å². The number of aryl methyl sites for hydroxylation is 1. The molecule has 2 aromatic rings. The van der Waals surface area contributed by atoms with E-state index in [-0.39, 0.29) is 11.7 Å². The third kappa shape index (κ3) is 7.90. The third-order valence-electron chi connectivity index (χ3n) is 6.74. The number of halogens is 1. The fraction of sp³-hybridized carbons (Fsp3) is 0.607. The lowest BCUT2D eigenvalue weighted by Gasteiger charge is -2.28. The lowest BCUT2D eigenvalue weighted by Crippen LogP contribution is -2.25. The molecule has 1 fully saturated rings. The van der Waals surface area contributed by atoms with Gasteiger partial charge in [0.1, 0.15) is 11.9 Å². The van der Waals surface area contributed by atoms with E-state index in [1.165, 1.54) is 57.1 Å². The van der Waals surface area contributed by atoms with Crippen LogP contribution >= 0.6 is 0 Å². The van der Waals surface area contributed by atoms with Gasteiger partial charge in [-0.2, -0.15) is 0 Å². The lowest BCUT2D eigenvalue weighted by molar-refractivity contribution is 0.0157. The molecule has 0 bridgehead atoms. The van der Waals surface area contributed by atoms with E-state index in [4.69, 9.17) is 4.74 Å². The molecular formula is C28H39FN2O2. The molecule has 1 saturated carbocycles. The molecule has 1 heterocycles. The summed E-state index contributed by atoms with van der Waals surface area (Å²) < 4.78 is 20.3. The van der Waals surface area contributed by atoms with Gasteiger partial charge in [-0.3, -0.25) is 0 Å². The van der Waals surface area contributed by atoms with Crippen molar-refractivity contribution in [1.29, 1.82) is 0 Å². The number of hydrogen-bond acceptors (Lipinski definition) is 4. The van der Waals surface area contributed by atoms with Gasteiger partial charge in [0, 0.05) is 18.0 Å². The van der Waals surface area contributed by atoms with Crippen LogP contribution in [0.2, 0.25) is 0 Å². The van der Waals surface area contributed by atoms with Crippen LogP contribution in [0.15, 0.2) is 30.6 Å². The van der Waals surface area contributed by atoms with Crippen molar-refractivity contribution in [3.8, 4) is 11.4 Å². The molecule has 4 nitrogen and oxygen atoms in total. The van der Waals surface area contributed by atoms with Crippen LogP contribution in [0.25, 0.3) is 11.4 Å². The molecule has 0 saturated heterocycles. The van der Waals surface area contributed by atoms with Gasteiger partial charge in [0.15, 0.2) is 5.82 Å². The van der Waals surface area contributed by atoms with Crippen LogP contribution in [0, 0.1) is 11.7 Å². The van der Waals surface area contributed by atoms with Gasteiger partial charge in [0.05, 0.1) is 5.56 Å². The Kier molecular flexibility index (Phi) is 10.3. The number of unbranched alkanes of at least 4 members (excludes halogenated alkanes) is 5. The van der Waals surface area contributed by atoms with Gasteiger partial charge >= 0.3 is 5.97 Å². The van der Waals surface area contributed by atoms with Crippen molar-refractivity contribution in [2.24, 2.45) is 5.92 Å². The molecule has 1 aromatic heterocycles. The maximum absolute atomic E-state index is 14.7. The van der Waals surface area contributed by atoms with E-state index >= 15 is 0 Å². The van der Waals surface area contributed by atoms with E-state index in [1.807, 2.05) is 12.4 Å². The van der Waals surface area contributed by atoms with Gasteiger partial charge in [0.25, 0.3) is 0 Å². The van der Waals surface area contributed by atoms with Crippen molar-refractivity contribution in [2.75, 3.05) is 0 Å². The third-order valence-corrected chi connectivity index (χ3v) is 6.74. The number of esters is 1. The van der Waals surface area contributed by atoms with Gasteiger partial charge in [-0.1, -0.05) is 64.9 Å². The largest absolute Gasteiger partial charge is 0.459 e. The van der Waals surface area contributed by atoms with E-state index in [2.05, 4.69) is 23.8 Å². The number of aromatic nitrogens is 2. The average Bonchev–Trinajstić information content (AvgIpc) is 2.83. The number of benzene rings is 1. The Hall–Kier alpha value is -2.30. The molecule has 0 spiro atoms. The second-order valence-electron chi connectivity index (χ2n) is 9.46. The highest BCUT2D eigenvalue weighted by Gasteiger charge is 2.25. The number of rotatable bonds is 12. The number of carbonyl (C=O) groups is 1. The van der Waals surface area contributed by atoms with Crippen LogP contribution in [0.4, 0.5) is 4.39 Å². The molecule has 180 valence electrons. The molecule has 0 aliphatic heterocycles. The second kappa shape index (κ2) is 13.4. The summed E-state index contributed by atoms with van der Waals surface area (Å²) in [5.74, 6) is 0.0398. The molecule has 5 heteroatoms. The van der Waals surface area contributed by atoms with E-state index in [9.17, 15) is 9.18 Å². The van der Waals surface area contributed by atoms with Crippen molar-refractivity contribution in [3.63, 3.8) is 0 Å².